The average molecular weight is 411 g/mol. The Bertz CT molecular complexity index is 446. The van der Waals surface area contributed by atoms with Crippen molar-refractivity contribution in [2.75, 3.05) is 45.8 Å². The van der Waals surface area contributed by atoms with Gasteiger partial charge in [-0.15, -0.1) is 24.8 Å². The van der Waals surface area contributed by atoms with E-state index in [-0.39, 0.29) is 48.6 Å². The molecule has 0 saturated carbocycles. The van der Waals surface area contributed by atoms with E-state index in [1.165, 1.54) is 6.42 Å². The lowest BCUT2D eigenvalue weighted by Gasteiger charge is -2.39. The zero-order valence-electron chi connectivity index (χ0n) is 16.5. The molecule has 2 saturated heterocycles. The highest BCUT2D eigenvalue weighted by Gasteiger charge is 2.29. The van der Waals surface area contributed by atoms with Crippen LogP contribution in [-0.2, 0) is 9.59 Å². The first-order valence-corrected chi connectivity index (χ1v) is 9.32. The predicted octanol–water partition coefficient (Wildman–Crippen LogP) is 1.46. The van der Waals surface area contributed by atoms with E-state index in [2.05, 4.69) is 18.7 Å². The molecule has 0 aromatic heterocycles. The van der Waals surface area contributed by atoms with E-state index in [0.29, 0.717) is 31.5 Å². The first kappa shape index (κ1) is 25.4. The van der Waals surface area contributed by atoms with Crippen molar-refractivity contribution < 1.29 is 9.59 Å². The molecule has 0 aromatic rings. The standard InChI is InChI=1S/C18H34N4O2.2ClH/c1-13-9-14(2)11-22(10-13)17(23)12-20-5-7-21(8-6-20)18(24)15(3)16(4)19;;/h13-16H,5-12,19H2,1-4H3;2*1H. The fourth-order valence-electron chi connectivity index (χ4n) is 3.80. The molecule has 2 fully saturated rings. The van der Waals surface area contributed by atoms with Gasteiger partial charge in [-0.3, -0.25) is 14.5 Å². The molecule has 4 unspecified atom stereocenters. The lowest BCUT2D eigenvalue weighted by atomic mass is 9.92. The van der Waals surface area contributed by atoms with Gasteiger partial charge in [0.2, 0.25) is 11.8 Å². The maximum absolute atomic E-state index is 12.6. The Kier molecular flexibility index (Phi) is 11.1. The van der Waals surface area contributed by atoms with Gasteiger partial charge in [0.25, 0.3) is 0 Å². The largest absolute Gasteiger partial charge is 0.341 e. The third-order valence-corrected chi connectivity index (χ3v) is 5.44. The van der Waals surface area contributed by atoms with Gasteiger partial charge < -0.3 is 15.5 Å². The molecule has 154 valence electrons. The summed E-state index contributed by atoms with van der Waals surface area (Å²) < 4.78 is 0. The summed E-state index contributed by atoms with van der Waals surface area (Å²) in [6.45, 7) is 13.4. The minimum Gasteiger partial charge on any atom is -0.341 e. The monoisotopic (exact) mass is 410 g/mol. The Morgan fingerprint density at radius 1 is 0.962 bits per heavy atom. The van der Waals surface area contributed by atoms with Crippen LogP contribution in [0.15, 0.2) is 0 Å². The molecule has 2 heterocycles. The highest BCUT2D eigenvalue weighted by atomic mass is 35.5. The number of halogens is 2. The molecule has 0 bridgehead atoms. The number of carbonyl (C=O) groups excluding carboxylic acids is 2. The summed E-state index contributed by atoms with van der Waals surface area (Å²) in [5, 5.41) is 0. The number of piperidine rings is 1. The van der Waals surface area contributed by atoms with Crippen molar-refractivity contribution in [1.29, 1.82) is 0 Å². The number of hydrogen-bond acceptors (Lipinski definition) is 4. The first-order chi connectivity index (χ1) is 11.3. The lowest BCUT2D eigenvalue weighted by Crippen LogP contribution is -2.54. The Morgan fingerprint density at radius 2 is 1.46 bits per heavy atom. The van der Waals surface area contributed by atoms with Crippen LogP contribution in [0.2, 0.25) is 0 Å². The third kappa shape index (κ3) is 6.87. The van der Waals surface area contributed by atoms with Gasteiger partial charge in [-0.05, 0) is 25.2 Å². The van der Waals surface area contributed by atoms with Gasteiger partial charge in [-0.1, -0.05) is 20.8 Å². The fraction of sp³-hybridized carbons (Fsp3) is 0.889. The highest BCUT2D eigenvalue weighted by Crippen LogP contribution is 2.21. The molecular weight excluding hydrogens is 375 g/mol. The summed E-state index contributed by atoms with van der Waals surface area (Å²) >= 11 is 0. The van der Waals surface area contributed by atoms with Crippen molar-refractivity contribution in [1.82, 2.24) is 14.7 Å². The Morgan fingerprint density at radius 3 is 1.92 bits per heavy atom. The van der Waals surface area contributed by atoms with Gasteiger partial charge in [0.05, 0.1) is 12.5 Å². The molecule has 0 spiro atoms. The molecule has 2 aliphatic rings. The van der Waals surface area contributed by atoms with E-state index >= 15 is 0 Å². The maximum atomic E-state index is 12.6. The Labute approximate surface area is 170 Å². The molecule has 2 aliphatic heterocycles. The van der Waals surface area contributed by atoms with Crippen LogP contribution in [0.5, 0.6) is 0 Å². The minimum absolute atomic E-state index is 0. The SMILES string of the molecule is CC1CC(C)CN(C(=O)CN2CCN(C(=O)C(C)C(C)N)CC2)C1.Cl.Cl. The summed E-state index contributed by atoms with van der Waals surface area (Å²) in [6.07, 6.45) is 1.21. The first-order valence-electron chi connectivity index (χ1n) is 9.32. The second-order valence-corrected chi connectivity index (χ2v) is 7.99. The van der Waals surface area contributed by atoms with Gasteiger partial charge in [-0.25, -0.2) is 0 Å². The normalized spacial score (nSPS) is 26.3. The van der Waals surface area contributed by atoms with E-state index in [4.69, 9.17) is 5.73 Å². The highest BCUT2D eigenvalue weighted by molar-refractivity contribution is 5.85. The van der Waals surface area contributed by atoms with E-state index in [1.807, 2.05) is 23.6 Å². The van der Waals surface area contributed by atoms with Crippen LogP contribution in [0.1, 0.15) is 34.1 Å². The van der Waals surface area contributed by atoms with Crippen molar-refractivity contribution in [3.8, 4) is 0 Å². The second kappa shape index (κ2) is 11.3. The van der Waals surface area contributed by atoms with Crippen LogP contribution in [0.3, 0.4) is 0 Å². The summed E-state index contributed by atoms with van der Waals surface area (Å²) in [5.74, 6) is 1.40. The number of piperazine rings is 1. The predicted molar refractivity (Wildman–Crippen MR) is 110 cm³/mol. The average Bonchev–Trinajstić information content (AvgIpc) is 2.53. The summed E-state index contributed by atoms with van der Waals surface area (Å²) in [6, 6.07) is -0.125. The van der Waals surface area contributed by atoms with Gasteiger partial charge in [0, 0.05) is 45.3 Å². The molecule has 26 heavy (non-hydrogen) atoms. The van der Waals surface area contributed by atoms with Crippen LogP contribution in [0, 0.1) is 17.8 Å². The smallest absolute Gasteiger partial charge is 0.236 e. The maximum Gasteiger partial charge on any atom is 0.236 e. The second-order valence-electron chi connectivity index (χ2n) is 7.99. The molecule has 0 aromatic carbocycles. The number of nitrogens with zero attached hydrogens (tertiary/aromatic N) is 3. The molecule has 2 N–H and O–H groups in total. The van der Waals surface area contributed by atoms with Gasteiger partial charge >= 0.3 is 0 Å². The molecule has 2 rings (SSSR count). The van der Waals surface area contributed by atoms with Gasteiger partial charge in [0.1, 0.15) is 0 Å². The van der Waals surface area contributed by atoms with Crippen molar-refractivity contribution >= 4 is 36.6 Å². The van der Waals surface area contributed by atoms with Crippen molar-refractivity contribution in [3.05, 3.63) is 0 Å². The molecule has 4 atom stereocenters. The number of carbonyl (C=O) groups is 2. The summed E-state index contributed by atoms with van der Waals surface area (Å²) in [5.41, 5.74) is 5.83. The van der Waals surface area contributed by atoms with Crippen LogP contribution in [-0.4, -0.2) is 78.4 Å². The summed E-state index contributed by atoms with van der Waals surface area (Å²) in [7, 11) is 0. The fourth-order valence-corrected chi connectivity index (χ4v) is 3.80. The third-order valence-electron chi connectivity index (χ3n) is 5.44. The van der Waals surface area contributed by atoms with E-state index in [9.17, 15) is 9.59 Å². The molecular formula is C18H36Cl2N4O2. The summed E-state index contributed by atoms with van der Waals surface area (Å²) in [4.78, 5) is 31.0. The molecule has 2 amide bonds. The van der Waals surface area contributed by atoms with Crippen LogP contribution in [0.25, 0.3) is 0 Å². The number of rotatable bonds is 4. The zero-order chi connectivity index (χ0) is 17.9. The number of hydrogen-bond donors (Lipinski definition) is 1. The Balaban J connectivity index is 0.00000312. The minimum atomic E-state index is -0.144. The zero-order valence-corrected chi connectivity index (χ0v) is 18.2. The number of nitrogens with two attached hydrogens (primary N) is 1. The topological polar surface area (TPSA) is 69.9 Å². The van der Waals surface area contributed by atoms with Crippen LogP contribution < -0.4 is 5.73 Å². The van der Waals surface area contributed by atoms with Crippen molar-refractivity contribution in [2.24, 2.45) is 23.5 Å². The van der Waals surface area contributed by atoms with E-state index < -0.39 is 0 Å². The van der Waals surface area contributed by atoms with Crippen molar-refractivity contribution in [2.45, 2.75) is 40.2 Å². The molecule has 0 aliphatic carbocycles. The lowest BCUT2D eigenvalue weighted by molar-refractivity contribution is -0.139. The Hall–Kier alpha value is -0.560. The quantitative estimate of drug-likeness (QED) is 0.761. The van der Waals surface area contributed by atoms with Gasteiger partial charge in [-0.2, -0.15) is 0 Å². The van der Waals surface area contributed by atoms with Gasteiger partial charge in [0.15, 0.2) is 0 Å². The molecule has 8 heteroatoms. The number of amides is 2. The van der Waals surface area contributed by atoms with Crippen molar-refractivity contribution in [3.63, 3.8) is 0 Å². The van der Waals surface area contributed by atoms with Crippen LogP contribution in [0.4, 0.5) is 0 Å². The van der Waals surface area contributed by atoms with Crippen LogP contribution >= 0.6 is 24.8 Å². The molecule has 0 radical (unpaired) electrons. The van der Waals surface area contributed by atoms with E-state index in [0.717, 1.165) is 26.2 Å². The number of likely N-dealkylation sites (tertiary alicyclic amines) is 1. The van der Waals surface area contributed by atoms with E-state index in [1.54, 1.807) is 0 Å². The molecule has 6 nitrogen and oxygen atoms in total.